The monoisotopic (exact) mass is 511 g/mol. The Hall–Kier alpha value is -4.73. The molecule has 2 aromatic heterocycles. The van der Waals surface area contributed by atoms with Crippen molar-refractivity contribution in [2.24, 2.45) is 15.7 Å². The van der Waals surface area contributed by atoms with Crippen LogP contribution >= 0.6 is 0 Å². The number of aliphatic imine (C=N–C) groups is 2. The zero-order valence-electron chi connectivity index (χ0n) is 22.2. The van der Waals surface area contributed by atoms with E-state index in [-0.39, 0.29) is 11.9 Å². The molecule has 3 heterocycles. The summed E-state index contributed by atoms with van der Waals surface area (Å²) in [7, 11) is 0. The lowest BCUT2D eigenvalue weighted by molar-refractivity contribution is -0.113. The third kappa shape index (κ3) is 4.93. The number of rotatable bonds is 7. The lowest BCUT2D eigenvalue weighted by Gasteiger charge is -2.23. The first-order valence-electron chi connectivity index (χ1n) is 12.4. The molecule has 1 aliphatic rings. The fourth-order valence-electron chi connectivity index (χ4n) is 4.46. The van der Waals surface area contributed by atoms with E-state index in [2.05, 4.69) is 25.6 Å². The Kier molecular flexibility index (Phi) is 7.43. The average Bonchev–Trinajstić information content (AvgIpc) is 3.27. The summed E-state index contributed by atoms with van der Waals surface area (Å²) in [4.78, 5) is 30.0. The van der Waals surface area contributed by atoms with Crippen molar-refractivity contribution in [3.05, 3.63) is 64.1 Å². The Bertz CT molecular complexity index is 1660. The van der Waals surface area contributed by atoms with Gasteiger partial charge in [-0.2, -0.15) is 0 Å². The minimum atomic E-state index is -0.679. The number of amides is 1. The van der Waals surface area contributed by atoms with Crippen LogP contribution in [-0.4, -0.2) is 39.7 Å². The third-order valence-corrected chi connectivity index (χ3v) is 6.63. The van der Waals surface area contributed by atoms with E-state index < -0.39 is 5.91 Å². The Morgan fingerprint density at radius 2 is 2.00 bits per heavy atom. The second kappa shape index (κ2) is 10.7. The summed E-state index contributed by atoms with van der Waals surface area (Å²) in [6, 6.07) is 7.38. The molecular weight excluding hydrogens is 478 g/mol. The minimum Gasteiger partial charge on any atom is -0.398 e. The quantitative estimate of drug-likeness (QED) is 0.211. The first-order chi connectivity index (χ1) is 18.2. The van der Waals surface area contributed by atoms with Crippen molar-refractivity contribution in [3.63, 3.8) is 0 Å². The lowest BCUT2D eigenvalue weighted by Crippen LogP contribution is -2.41. The largest absolute Gasteiger partial charge is 0.398 e. The number of fused-ring (bicyclic) bond motifs is 1. The van der Waals surface area contributed by atoms with E-state index in [1.807, 2.05) is 52.8 Å². The standard InChI is InChI=1S/C28H33N9O/c1-6-14(2)22-23-19(13-29)20(30)9-10-21(23)36-24(22)25(26(31)38)35-16(4)18-8-7-15(3)34-28(18)37-27-17(5)32-11-12-33-27/h7-13,27,29,33,36H,6,30H2,1-5H3,(H2,31,38)(H,34,37)/b22-14+,25-24+,29-13?,35-16?. The van der Waals surface area contributed by atoms with Gasteiger partial charge in [-0.05, 0) is 58.4 Å². The van der Waals surface area contributed by atoms with Crippen LogP contribution in [0.3, 0.4) is 0 Å². The molecule has 3 aromatic rings. The van der Waals surface area contributed by atoms with Gasteiger partial charge in [0.2, 0.25) is 0 Å². The molecule has 196 valence electrons. The molecule has 1 atom stereocenters. The Morgan fingerprint density at radius 3 is 2.66 bits per heavy atom. The lowest BCUT2D eigenvalue weighted by atomic mass is 10.0. The van der Waals surface area contributed by atoms with Gasteiger partial charge in [0, 0.05) is 63.0 Å². The number of nitrogens with one attached hydrogen (secondary N) is 4. The minimum absolute atomic E-state index is 0.0824. The number of pyridine rings is 1. The number of aromatic nitrogens is 2. The molecule has 4 rings (SSSR count). The first-order valence-corrected chi connectivity index (χ1v) is 12.4. The van der Waals surface area contributed by atoms with Crippen LogP contribution in [0, 0.1) is 12.3 Å². The van der Waals surface area contributed by atoms with Crippen molar-refractivity contribution in [3.8, 4) is 0 Å². The van der Waals surface area contributed by atoms with Gasteiger partial charge in [0.05, 0.1) is 11.1 Å². The second-order valence-corrected chi connectivity index (χ2v) is 9.23. The maximum absolute atomic E-state index is 12.8. The van der Waals surface area contributed by atoms with E-state index in [0.717, 1.165) is 45.1 Å². The van der Waals surface area contributed by atoms with Crippen LogP contribution < -0.4 is 32.7 Å². The summed E-state index contributed by atoms with van der Waals surface area (Å²) in [5.74, 6) is -0.0773. The fraction of sp³-hybridized carbons (Fsp3) is 0.250. The van der Waals surface area contributed by atoms with Crippen molar-refractivity contribution < 1.29 is 4.79 Å². The summed E-state index contributed by atoms with van der Waals surface area (Å²) in [5.41, 5.74) is 18.0. The number of hydrogen-bond donors (Lipinski definition) is 6. The van der Waals surface area contributed by atoms with Crippen LogP contribution in [0.5, 0.6) is 0 Å². The SMILES string of the molecule is CC/C(C)=c1/c(=C(\N=C(C)c2ccc(C)nc2NC2NC=CN=C2C)C(N)=O)[nH]c2ccc(N)c(C=N)c12. The van der Waals surface area contributed by atoms with Gasteiger partial charge >= 0.3 is 0 Å². The van der Waals surface area contributed by atoms with Crippen molar-refractivity contribution in [1.82, 2.24) is 15.3 Å². The molecule has 1 unspecified atom stereocenters. The molecule has 10 heteroatoms. The Balaban J connectivity index is 1.99. The predicted molar refractivity (Wildman–Crippen MR) is 156 cm³/mol. The predicted octanol–water partition coefficient (Wildman–Crippen LogP) is 2.41. The van der Waals surface area contributed by atoms with Gasteiger partial charge in [0.15, 0.2) is 5.70 Å². The van der Waals surface area contributed by atoms with Gasteiger partial charge in [-0.3, -0.25) is 9.79 Å². The summed E-state index contributed by atoms with van der Waals surface area (Å²) in [5, 5.41) is 16.6. The molecule has 1 aliphatic heterocycles. The van der Waals surface area contributed by atoms with E-state index in [1.165, 1.54) is 6.21 Å². The molecule has 0 fully saturated rings. The molecule has 0 spiro atoms. The maximum atomic E-state index is 12.8. The van der Waals surface area contributed by atoms with Crippen LogP contribution in [0.4, 0.5) is 11.5 Å². The number of aromatic amines is 1. The molecule has 1 aromatic carbocycles. The number of primary amides is 1. The van der Waals surface area contributed by atoms with Crippen molar-refractivity contribution >= 4 is 57.2 Å². The highest BCUT2D eigenvalue weighted by Gasteiger charge is 2.19. The molecule has 0 radical (unpaired) electrons. The number of nitrogen functional groups attached to an aromatic ring is 1. The molecule has 0 saturated carbocycles. The van der Waals surface area contributed by atoms with Gasteiger partial charge < -0.3 is 32.5 Å². The van der Waals surface area contributed by atoms with Crippen molar-refractivity contribution in [2.75, 3.05) is 11.1 Å². The highest BCUT2D eigenvalue weighted by molar-refractivity contribution is 6.17. The number of aryl methyl sites for hydroxylation is 1. The first kappa shape index (κ1) is 26.3. The van der Waals surface area contributed by atoms with Gasteiger partial charge in [-0.15, -0.1) is 0 Å². The number of carbonyl (C=O) groups is 1. The van der Waals surface area contributed by atoms with E-state index >= 15 is 0 Å². The molecule has 0 bridgehead atoms. The van der Waals surface area contributed by atoms with Gasteiger partial charge in [0.1, 0.15) is 12.0 Å². The summed E-state index contributed by atoms with van der Waals surface area (Å²) in [6.45, 7) is 9.66. The zero-order chi connectivity index (χ0) is 27.6. The normalized spacial score (nSPS) is 17.0. The molecular formula is C28H33N9O. The zero-order valence-corrected chi connectivity index (χ0v) is 22.2. The smallest absolute Gasteiger partial charge is 0.269 e. The van der Waals surface area contributed by atoms with Crippen LogP contribution in [0.15, 0.2) is 46.7 Å². The second-order valence-electron chi connectivity index (χ2n) is 9.23. The van der Waals surface area contributed by atoms with Crippen molar-refractivity contribution in [2.45, 2.75) is 47.2 Å². The summed E-state index contributed by atoms with van der Waals surface area (Å²) >= 11 is 0. The third-order valence-electron chi connectivity index (χ3n) is 6.63. The summed E-state index contributed by atoms with van der Waals surface area (Å²) in [6.07, 6.45) is 5.17. The van der Waals surface area contributed by atoms with Gasteiger partial charge in [0.25, 0.3) is 5.91 Å². The number of carbonyl (C=O) groups excluding carboxylic acids is 1. The van der Waals surface area contributed by atoms with E-state index in [1.54, 1.807) is 18.5 Å². The molecule has 0 aliphatic carbocycles. The number of anilines is 2. The van der Waals surface area contributed by atoms with Gasteiger partial charge in [-0.25, -0.2) is 9.98 Å². The number of benzene rings is 1. The Labute approximate surface area is 220 Å². The molecule has 10 nitrogen and oxygen atoms in total. The molecule has 38 heavy (non-hydrogen) atoms. The van der Waals surface area contributed by atoms with Crippen LogP contribution in [0.2, 0.25) is 0 Å². The number of nitrogens with two attached hydrogens (primary N) is 2. The van der Waals surface area contributed by atoms with Crippen LogP contribution in [-0.2, 0) is 4.79 Å². The number of hydrogen-bond acceptors (Lipinski definition) is 8. The maximum Gasteiger partial charge on any atom is 0.269 e. The van der Waals surface area contributed by atoms with Gasteiger partial charge in [-0.1, -0.05) is 12.5 Å². The fourth-order valence-corrected chi connectivity index (χ4v) is 4.46. The number of nitrogens with zero attached hydrogens (tertiary/aromatic N) is 3. The van der Waals surface area contributed by atoms with E-state index in [4.69, 9.17) is 21.9 Å². The molecule has 8 N–H and O–H groups in total. The van der Waals surface area contributed by atoms with Crippen molar-refractivity contribution in [1.29, 1.82) is 5.41 Å². The Morgan fingerprint density at radius 1 is 1.24 bits per heavy atom. The number of H-pyrrole nitrogens is 1. The average molecular weight is 512 g/mol. The highest BCUT2D eigenvalue weighted by Crippen LogP contribution is 2.20. The summed E-state index contributed by atoms with van der Waals surface area (Å²) < 4.78 is 0. The topological polar surface area (TPSA) is 170 Å². The molecule has 0 saturated heterocycles. The molecule has 1 amide bonds. The highest BCUT2D eigenvalue weighted by atomic mass is 16.1. The van der Waals surface area contributed by atoms with E-state index in [9.17, 15) is 4.79 Å². The van der Waals surface area contributed by atoms with E-state index in [0.29, 0.717) is 28.1 Å². The van der Waals surface area contributed by atoms with Crippen LogP contribution in [0.1, 0.15) is 50.9 Å². The van der Waals surface area contributed by atoms with Crippen LogP contribution in [0.25, 0.3) is 22.2 Å².